The van der Waals surface area contributed by atoms with Gasteiger partial charge in [-0.05, 0) is 13.3 Å². The molecule has 80 valence electrons. The summed E-state index contributed by atoms with van der Waals surface area (Å²) in [6.45, 7) is 4.31. The van der Waals surface area contributed by atoms with Crippen LogP contribution in [0.25, 0.3) is 0 Å². The van der Waals surface area contributed by atoms with E-state index in [-0.39, 0.29) is 13.0 Å². The van der Waals surface area contributed by atoms with Crippen molar-refractivity contribution < 1.29 is 4.39 Å². The van der Waals surface area contributed by atoms with Gasteiger partial charge in [0.1, 0.15) is 17.8 Å². The summed E-state index contributed by atoms with van der Waals surface area (Å²) in [5, 5.41) is 4.02. The van der Waals surface area contributed by atoms with Gasteiger partial charge in [0, 0.05) is 19.5 Å². The van der Waals surface area contributed by atoms with Crippen LogP contribution in [0.4, 0.5) is 4.39 Å². The normalized spacial score (nSPS) is 15.4. The molecule has 14 heavy (non-hydrogen) atoms. The number of halogens is 1. The zero-order chi connectivity index (χ0) is 10.6. The lowest BCUT2D eigenvalue weighted by atomic mass is 10.0. The van der Waals surface area contributed by atoms with Crippen molar-refractivity contribution in [2.24, 2.45) is 5.73 Å². The molecule has 0 aromatic carbocycles. The fourth-order valence-electron chi connectivity index (χ4n) is 1.23. The van der Waals surface area contributed by atoms with Crippen LogP contribution in [0.5, 0.6) is 0 Å². The van der Waals surface area contributed by atoms with E-state index in [1.54, 1.807) is 4.68 Å². The molecule has 0 aliphatic carbocycles. The summed E-state index contributed by atoms with van der Waals surface area (Å²) in [6, 6.07) is 0. The average Bonchev–Trinajstić information content (AvgIpc) is 2.53. The van der Waals surface area contributed by atoms with E-state index in [9.17, 15) is 4.39 Å². The van der Waals surface area contributed by atoms with Crippen LogP contribution in [0.1, 0.15) is 26.1 Å². The Morgan fingerprint density at radius 3 is 2.93 bits per heavy atom. The second-order valence-electron chi connectivity index (χ2n) is 3.69. The van der Waals surface area contributed by atoms with Gasteiger partial charge >= 0.3 is 0 Å². The number of aromatic nitrogens is 3. The minimum Gasteiger partial charge on any atom is -0.328 e. The second kappa shape index (κ2) is 4.50. The molecule has 0 spiro atoms. The van der Waals surface area contributed by atoms with Crippen molar-refractivity contribution in [3.05, 3.63) is 12.2 Å². The molecular formula is C9H17FN4. The minimum absolute atomic E-state index is 0.00594. The molecule has 1 unspecified atom stereocenters. The van der Waals surface area contributed by atoms with Gasteiger partial charge in [-0.1, -0.05) is 6.92 Å². The van der Waals surface area contributed by atoms with E-state index in [4.69, 9.17) is 5.73 Å². The predicted octanol–water partition coefficient (Wildman–Crippen LogP) is 0.917. The number of aryl methyl sites for hydroxylation is 1. The molecule has 0 amide bonds. The maximum Gasteiger partial charge on any atom is 0.138 e. The Hall–Kier alpha value is -0.970. The van der Waals surface area contributed by atoms with Crippen molar-refractivity contribution in [3.8, 4) is 0 Å². The molecule has 1 atom stereocenters. The number of hydrogen-bond acceptors (Lipinski definition) is 3. The van der Waals surface area contributed by atoms with E-state index < -0.39 is 5.67 Å². The first-order chi connectivity index (χ1) is 6.59. The third-order valence-electron chi connectivity index (χ3n) is 2.08. The number of rotatable bonds is 5. The summed E-state index contributed by atoms with van der Waals surface area (Å²) in [5.41, 5.74) is 3.92. The molecule has 1 aromatic rings. The molecule has 0 fully saturated rings. The number of nitrogens with two attached hydrogens (primary N) is 1. The lowest BCUT2D eigenvalue weighted by Crippen LogP contribution is -2.33. The standard InChI is InChI=1S/C9H17FN4/c1-3-4-14-8(12-7-13-14)5-9(2,10)6-11/h7H,3-6,11H2,1-2H3. The maximum atomic E-state index is 13.6. The molecule has 0 aliphatic rings. The summed E-state index contributed by atoms with van der Waals surface area (Å²) < 4.78 is 15.3. The molecular weight excluding hydrogens is 183 g/mol. The van der Waals surface area contributed by atoms with E-state index in [0.717, 1.165) is 13.0 Å². The van der Waals surface area contributed by atoms with Gasteiger partial charge in [-0.3, -0.25) is 0 Å². The highest BCUT2D eigenvalue weighted by molar-refractivity contribution is 4.93. The Bertz CT molecular complexity index is 282. The third-order valence-corrected chi connectivity index (χ3v) is 2.08. The van der Waals surface area contributed by atoms with Crippen molar-refractivity contribution >= 4 is 0 Å². The van der Waals surface area contributed by atoms with Gasteiger partial charge in [-0.15, -0.1) is 0 Å². The third kappa shape index (κ3) is 2.77. The maximum absolute atomic E-state index is 13.6. The molecule has 0 saturated carbocycles. The van der Waals surface area contributed by atoms with Crippen molar-refractivity contribution in [1.29, 1.82) is 0 Å². The zero-order valence-electron chi connectivity index (χ0n) is 8.70. The molecule has 1 rings (SSSR count). The van der Waals surface area contributed by atoms with Crippen LogP contribution >= 0.6 is 0 Å². The summed E-state index contributed by atoms with van der Waals surface area (Å²) in [5.74, 6) is 0.669. The molecule has 0 saturated heterocycles. The summed E-state index contributed by atoms with van der Waals surface area (Å²) in [7, 11) is 0. The molecule has 0 bridgehead atoms. The fourth-order valence-corrected chi connectivity index (χ4v) is 1.23. The van der Waals surface area contributed by atoms with Gasteiger partial charge in [-0.2, -0.15) is 5.10 Å². The van der Waals surface area contributed by atoms with E-state index in [0.29, 0.717) is 5.82 Å². The van der Waals surface area contributed by atoms with Gasteiger partial charge in [0.15, 0.2) is 0 Å². The molecule has 4 nitrogen and oxygen atoms in total. The summed E-state index contributed by atoms with van der Waals surface area (Å²) in [6.07, 6.45) is 2.64. The quantitative estimate of drug-likeness (QED) is 0.768. The van der Waals surface area contributed by atoms with Crippen LogP contribution in [0.3, 0.4) is 0 Å². The van der Waals surface area contributed by atoms with Crippen LogP contribution < -0.4 is 5.73 Å². The SMILES string of the molecule is CCCn1ncnc1CC(C)(F)CN. The van der Waals surface area contributed by atoms with Crippen LogP contribution in [-0.4, -0.2) is 27.0 Å². The summed E-state index contributed by atoms with van der Waals surface area (Å²) in [4.78, 5) is 4.02. The van der Waals surface area contributed by atoms with Crippen LogP contribution in [-0.2, 0) is 13.0 Å². The monoisotopic (exact) mass is 200 g/mol. The number of hydrogen-bond donors (Lipinski definition) is 1. The fraction of sp³-hybridized carbons (Fsp3) is 0.778. The zero-order valence-corrected chi connectivity index (χ0v) is 8.70. The Kier molecular flexibility index (Phi) is 3.57. The minimum atomic E-state index is -1.39. The van der Waals surface area contributed by atoms with E-state index in [1.807, 2.05) is 6.92 Å². The highest BCUT2D eigenvalue weighted by Gasteiger charge is 2.24. The van der Waals surface area contributed by atoms with Gasteiger partial charge in [0.2, 0.25) is 0 Å². The lowest BCUT2D eigenvalue weighted by Gasteiger charge is -2.17. The Morgan fingerprint density at radius 2 is 2.36 bits per heavy atom. The number of nitrogens with zero attached hydrogens (tertiary/aromatic N) is 3. The first kappa shape index (κ1) is 11.1. The highest BCUT2D eigenvalue weighted by atomic mass is 19.1. The average molecular weight is 200 g/mol. The lowest BCUT2D eigenvalue weighted by molar-refractivity contribution is 0.193. The van der Waals surface area contributed by atoms with E-state index in [2.05, 4.69) is 10.1 Å². The van der Waals surface area contributed by atoms with Crippen molar-refractivity contribution in [1.82, 2.24) is 14.8 Å². The Morgan fingerprint density at radius 1 is 1.64 bits per heavy atom. The molecule has 5 heteroatoms. The number of alkyl halides is 1. The topological polar surface area (TPSA) is 56.7 Å². The molecule has 1 aromatic heterocycles. The summed E-state index contributed by atoms with van der Waals surface area (Å²) >= 11 is 0. The van der Waals surface area contributed by atoms with Crippen LogP contribution in [0.2, 0.25) is 0 Å². The molecule has 0 aliphatic heterocycles. The van der Waals surface area contributed by atoms with Crippen LogP contribution in [0, 0.1) is 0 Å². The largest absolute Gasteiger partial charge is 0.328 e. The van der Waals surface area contributed by atoms with Gasteiger partial charge in [-0.25, -0.2) is 14.1 Å². The smallest absolute Gasteiger partial charge is 0.138 e. The van der Waals surface area contributed by atoms with Crippen LogP contribution in [0.15, 0.2) is 6.33 Å². The van der Waals surface area contributed by atoms with Crippen molar-refractivity contribution in [2.75, 3.05) is 6.54 Å². The molecule has 1 heterocycles. The van der Waals surface area contributed by atoms with E-state index in [1.165, 1.54) is 13.3 Å². The van der Waals surface area contributed by atoms with Crippen molar-refractivity contribution in [3.63, 3.8) is 0 Å². The predicted molar refractivity (Wildman–Crippen MR) is 52.6 cm³/mol. The Balaban J connectivity index is 2.70. The molecule has 0 radical (unpaired) electrons. The highest BCUT2D eigenvalue weighted by Crippen LogP contribution is 2.14. The van der Waals surface area contributed by atoms with Crippen molar-refractivity contribution in [2.45, 2.75) is 38.9 Å². The first-order valence-corrected chi connectivity index (χ1v) is 4.84. The van der Waals surface area contributed by atoms with E-state index >= 15 is 0 Å². The van der Waals surface area contributed by atoms with Gasteiger partial charge in [0.05, 0.1) is 0 Å². The molecule has 2 N–H and O–H groups in total. The Labute approximate surface area is 83.3 Å². The van der Waals surface area contributed by atoms with Gasteiger partial charge < -0.3 is 5.73 Å². The second-order valence-corrected chi connectivity index (χ2v) is 3.69. The van der Waals surface area contributed by atoms with Gasteiger partial charge in [0.25, 0.3) is 0 Å². The first-order valence-electron chi connectivity index (χ1n) is 4.84.